The molecule has 1 N–H and O–H groups in total. The Morgan fingerprint density at radius 3 is 2.44 bits per heavy atom. The van der Waals surface area contributed by atoms with Crippen LogP contribution >= 0.6 is 0 Å². The van der Waals surface area contributed by atoms with Crippen molar-refractivity contribution in [3.05, 3.63) is 52.3 Å². The number of piperidine rings is 3. The Morgan fingerprint density at radius 2 is 1.83 bits per heavy atom. The van der Waals surface area contributed by atoms with Crippen LogP contribution in [0.2, 0.25) is 0 Å². The fourth-order valence-electron chi connectivity index (χ4n) is 6.45. The van der Waals surface area contributed by atoms with Gasteiger partial charge in [0, 0.05) is 12.1 Å². The molecule has 36 heavy (non-hydrogen) atoms. The third kappa shape index (κ3) is 4.72. The first-order valence-corrected chi connectivity index (χ1v) is 13.4. The van der Waals surface area contributed by atoms with Crippen LogP contribution in [-0.4, -0.2) is 43.3 Å². The van der Waals surface area contributed by atoms with E-state index >= 15 is 4.39 Å². The SMILES string of the molecule is CCOc1c(C)cc(-c2cc3c(cc2F)[C@H](NC(=O)O[C@H]2CN4CCC2CC4)C(C)(C)CC3)cc1C. The van der Waals surface area contributed by atoms with Crippen LogP contribution in [0.3, 0.4) is 0 Å². The van der Waals surface area contributed by atoms with Crippen LogP contribution in [0.25, 0.3) is 11.1 Å². The molecule has 1 aliphatic carbocycles. The van der Waals surface area contributed by atoms with Crippen molar-refractivity contribution >= 4 is 6.09 Å². The summed E-state index contributed by atoms with van der Waals surface area (Å²) in [5.41, 5.74) is 5.18. The van der Waals surface area contributed by atoms with Gasteiger partial charge in [-0.3, -0.25) is 4.90 Å². The summed E-state index contributed by atoms with van der Waals surface area (Å²) in [6.07, 6.45) is 3.49. The standard InChI is InChI=1S/C30H39FN2O3/c1-6-35-27-18(2)13-22(14-19(27)3)23-15-21-7-10-30(4,5)28(24(21)16-25(23)31)32-29(34)36-26-17-33-11-8-20(26)9-12-33/h13-16,20,26,28H,6-12,17H2,1-5H3,(H,32,34)/t26-,28-/m0/s1. The van der Waals surface area contributed by atoms with E-state index in [1.807, 2.05) is 39.0 Å². The van der Waals surface area contributed by atoms with Crippen LogP contribution in [0.15, 0.2) is 24.3 Å². The Hall–Kier alpha value is -2.60. The Kier molecular flexibility index (Phi) is 6.75. The second-order valence-corrected chi connectivity index (χ2v) is 11.6. The number of rotatable bonds is 5. The lowest BCUT2D eigenvalue weighted by Crippen LogP contribution is -2.53. The highest BCUT2D eigenvalue weighted by atomic mass is 19.1. The molecule has 2 atom stereocenters. The number of hydrogen-bond acceptors (Lipinski definition) is 4. The molecule has 6 heteroatoms. The molecule has 2 bridgehead atoms. The van der Waals surface area contributed by atoms with Gasteiger partial charge in [-0.1, -0.05) is 13.8 Å². The molecule has 0 aromatic heterocycles. The minimum atomic E-state index is -0.387. The number of nitrogens with zero attached hydrogens (tertiary/aromatic N) is 1. The predicted octanol–water partition coefficient (Wildman–Crippen LogP) is 6.34. The average molecular weight is 495 g/mol. The van der Waals surface area contributed by atoms with Crippen molar-refractivity contribution in [1.29, 1.82) is 0 Å². The van der Waals surface area contributed by atoms with Gasteiger partial charge in [-0.25, -0.2) is 9.18 Å². The first kappa shape index (κ1) is 25.1. The molecule has 2 aromatic rings. The molecule has 0 radical (unpaired) electrons. The second kappa shape index (κ2) is 9.70. The minimum absolute atomic E-state index is 0.0519. The van der Waals surface area contributed by atoms with Gasteiger partial charge < -0.3 is 14.8 Å². The fourth-order valence-corrected chi connectivity index (χ4v) is 6.45. The Morgan fingerprint density at radius 1 is 1.14 bits per heavy atom. The van der Waals surface area contributed by atoms with Crippen molar-refractivity contribution in [2.75, 3.05) is 26.2 Å². The second-order valence-electron chi connectivity index (χ2n) is 11.6. The summed E-state index contributed by atoms with van der Waals surface area (Å²) in [5.74, 6) is 1.05. The highest BCUT2D eigenvalue weighted by molar-refractivity contribution is 5.71. The predicted molar refractivity (Wildman–Crippen MR) is 140 cm³/mol. The van der Waals surface area contributed by atoms with E-state index in [0.717, 1.165) is 78.9 Å². The van der Waals surface area contributed by atoms with E-state index in [1.54, 1.807) is 6.07 Å². The van der Waals surface area contributed by atoms with Crippen molar-refractivity contribution in [2.24, 2.45) is 11.3 Å². The zero-order valence-corrected chi connectivity index (χ0v) is 22.2. The van der Waals surface area contributed by atoms with E-state index in [2.05, 4.69) is 24.1 Å². The highest BCUT2D eigenvalue weighted by Crippen LogP contribution is 2.45. The number of ether oxygens (including phenoxy) is 2. The summed E-state index contributed by atoms with van der Waals surface area (Å²) in [5, 5.41) is 3.14. The topological polar surface area (TPSA) is 50.8 Å². The number of aryl methyl sites for hydroxylation is 3. The molecule has 0 saturated carbocycles. The minimum Gasteiger partial charge on any atom is -0.493 e. The number of amides is 1. The summed E-state index contributed by atoms with van der Waals surface area (Å²) < 4.78 is 27.3. The molecular weight excluding hydrogens is 455 g/mol. The fraction of sp³-hybridized carbons (Fsp3) is 0.567. The van der Waals surface area contributed by atoms with Gasteiger partial charge in [0.05, 0.1) is 12.6 Å². The lowest BCUT2D eigenvalue weighted by atomic mass is 9.70. The summed E-state index contributed by atoms with van der Waals surface area (Å²) in [6.45, 7) is 13.9. The zero-order valence-electron chi connectivity index (χ0n) is 22.2. The van der Waals surface area contributed by atoms with Gasteiger partial charge in [-0.15, -0.1) is 0 Å². The maximum Gasteiger partial charge on any atom is 0.407 e. The molecule has 0 unspecified atom stereocenters. The van der Waals surface area contributed by atoms with E-state index < -0.39 is 0 Å². The number of halogens is 1. The molecule has 3 heterocycles. The molecule has 194 valence electrons. The zero-order chi connectivity index (χ0) is 25.6. The van der Waals surface area contributed by atoms with Gasteiger partial charge in [-0.05, 0) is 123 Å². The van der Waals surface area contributed by atoms with Crippen molar-refractivity contribution in [3.8, 4) is 16.9 Å². The van der Waals surface area contributed by atoms with Gasteiger partial charge in [0.2, 0.25) is 0 Å². The maximum absolute atomic E-state index is 15.6. The van der Waals surface area contributed by atoms with E-state index in [9.17, 15) is 4.79 Å². The number of alkyl carbamates (subject to hydrolysis) is 1. The van der Waals surface area contributed by atoms with Crippen LogP contribution in [0.1, 0.15) is 68.3 Å². The van der Waals surface area contributed by atoms with Gasteiger partial charge in [0.25, 0.3) is 0 Å². The lowest BCUT2D eigenvalue weighted by molar-refractivity contribution is -0.0353. The van der Waals surface area contributed by atoms with E-state index in [4.69, 9.17) is 9.47 Å². The molecular formula is C30H39FN2O3. The Labute approximate surface area is 214 Å². The normalized spacial score (nSPS) is 26.3. The van der Waals surface area contributed by atoms with E-state index in [-0.39, 0.29) is 29.5 Å². The average Bonchev–Trinajstić information content (AvgIpc) is 2.84. The summed E-state index contributed by atoms with van der Waals surface area (Å²) in [7, 11) is 0. The van der Waals surface area contributed by atoms with Crippen LogP contribution in [0.5, 0.6) is 5.75 Å². The highest BCUT2D eigenvalue weighted by Gasteiger charge is 2.40. The van der Waals surface area contributed by atoms with Crippen molar-refractivity contribution in [2.45, 2.75) is 72.4 Å². The molecule has 5 nitrogen and oxygen atoms in total. The quantitative estimate of drug-likeness (QED) is 0.527. The first-order valence-electron chi connectivity index (χ1n) is 13.4. The van der Waals surface area contributed by atoms with Crippen LogP contribution < -0.4 is 10.1 Å². The molecule has 0 spiro atoms. The van der Waals surface area contributed by atoms with Crippen molar-refractivity contribution in [1.82, 2.24) is 10.2 Å². The third-order valence-electron chi connectivity index (χ3n) is 8.54. The molecule has 6 rings (SSSR count). The summed E-state index contributed by atoms with van der Waals surface area (Å²) >= 11 is 0. The lowest BCUT2D eigenvalue weighted by Gasteiger charge is -2.44. The Bertz CT molecular complexity index is 1130. The molecule has 1 amide bonds. The van der Waals surface area contributed by atoms with Crippen LogP contribution in [0, 0.1) is 31.0 Å². The third-order valence-corrected chi connectivity index (χ3v) is 8.54. The van der Waals surface area contributed by atoms with Crippen molar-refractivity contribution in [3.63, 3.8) is 0 Å². The monoisotopic (exact) mass is 494 g/mol. The molecule has 2 aromatic carbocycles. The smallest absolute Gasteiger partial charge is 0.407 e. The molecule has 3 saturated heterocycles. The van der Waals surface area contributed by atoms with Gasteiger partial charge >= 0.3 is 6.09 Å². The van der Waals surface area contributed by atoms with Gasteiger partial charge in [-0.2, -0.15) is 0 Å². The summed E-state index contributed by atoms with van der Waals surface area (Å²) in [4.78, 5) is 15.4. The molecule has 3 aliphatic heterocycles. The first-order chi connectivity index (χ1) is 17.2. The van der Waals surface area contributed by atoms with Crippen LogP contribution in [0.4, 0.5) is 9.18 Å². The largest absolute Gasteiger partial charge is 0.493 e. The van der Waals surface area contributed by atoms with Crippen molar-refractivity contribution < 1.29 is 18.7 Å². The van der Waals surface area contributed by atoms with E-state index in [1.165, 1.54) is 0 Å². The number of hydrogen-bond donors (Lipinski definition) is 1. The number of fused-ring (bicyclic) bond motifs is 4. The Balaban J connectivity index is 1.40. The molecule has 4 aliphatic rings. The van der Waals surface area contributed by atoms with Gasteiger partial charge in [0.1, 0.15) is 17.7 Å². The number of carbonyl (C=O) groups is 1. The maximum atomic E-state index is 15.6. The molecule has 3 fully saturated rings. The van der Waals surface area contributed by atoms with E-state index in [0.29, 0.717) is 18.1 Å². The number of nitrogens with one attached hydrogen (secondary N) is 1. The van der Waals surface area contributed by atoms with Crippen LogP contribution in [-0.2, 0) is 11.2 Å². The van der Waals surface area contributed by atoms with Gasteiger partial charge in [0.15, 0.2) is 0 Å². The number of benzene rings is 2. The summed E-state index contributed by atoms with van der Waals surface area (Å²) in [6, 6.07) is 7.29. The number of carbonyl (C=O) groups excluding carboxylic acids is 1.